The predicted molar refractivity (Wildman–Crippen MR) is 78.1 cm³/mol. The van der Waals surface area contributed by atoms with Crippen LogP contribution in [0.2, 0.25) is 0 Å². The first kappa shape index (κ1) is 15.5. The van der Waals surface area contributed by atoms with Crippen molar-refractivity contribution in [3.63, 3.8) is 0 Å². The molecular weight excluding hydrogens is 287 g/mol. The lowest BCUT2D eigenvalue weighted by atomic mass is 10.1. The summed E-state index contributed by atoms with van der Waals surface area (Å²) in [6, 6.07) is 13.3. The van der Waals surface area contributed by atoms with E-state index >= 15 is 0 Å². The Morgan fingerprint density at radius 3 is 2.36 bits per heavy atom. The van der Waals surface area contributed by atoms with E-state index in [1.54, 1.807) is 18.2 Å². The molecular formula is C16H15FN2O3. The number of alkyl carbamates (subject to hydrolysis) is 1. The van der Waals surface area contributed by atoms with Crippen LogP contribution in [0.15, 0.2) is 54.6 Å². The average molecular weight is 302 g/mol. The van der Waals surface area contributed by atoms with Crippen molar-refractivity contribution in [3.8, 4) is 0 Å². The number of primary amides is 1. The summed E-state index contributed by atoms with van der Waals surface area (Å²) in [7, 11) is 0. The maximum Gasteiger partial charge on any atom is 0.408 e. The molecule has 22 heavy (non-hydrogen) atoms. The molecule has 0 radical (unpaired) electrons. The van der Waals surface area contributed by atoms with Gasteiger partial charge in [-0.3, -0.25) is 4.79 Å². The molecule has 0 fully saturated rings. The molecule has 114 valence electrons. The Morgan fingerprint density at radius 2 is 1.73 bits per heavy atom. The molecule has 0 aliphatic heterocycles. The molecule has 3 N–H and O–H groups in total. The molecule has 0 spiro atoms. The number of nitrogens with one attached hydrogen (secondary N) is 1. The van der Waals surface area contributed by atoms with Crippen LogP contribution in [0.25, 0.3) is 0 Å². The van der Waals surface area contributed by atoms with Crippen molar-refractivity contribution in [1.82, 2.24) is 5.32 Å². The van der Waals surface area contributed by atoms with Crippen molar-refractivity contribution in [2.24, 2.45) is 5.73 Å². The molecule has 0 saturated heterocycles. The van der Waals surface area contributed by atoms with Gasteiger partial charge in [-0.25, -0.2) is 9.18 Å². The first-order valence-corrected chi connectivity index (χ1v) is 6.59. The van der Waals surface area contributed by atoms with E-state index < -0.39 is 23.9 Å². The van der Waals surface area contributed by atoms with Gasteiger partial charge in [-0.15, -0.1) is 0 Å². The van der Waals surface area contributed by atoms with Gasteiger partial charge in [0.25, 0.3) is 0 Å². The van der Waals surface area contributed by atoms with Gasteiger partial charge in [-0.05, 0) is 11.6 Å². The fourth-order valence-corrected chi connectivity index (χ4v) is 1.89. The van der Waals surface area contributed by atoms with Crippen LogP contribution >= 0.6 is 0 Å². The Balaban J connectivity index is 2.01. The highest BCUT2D eigenvalue weighted by molar-refractivity contribution is 5.85. The molecule has 0 saturated carbocycles. The Hall–Kier alpha value is -2.89. The quantitative estimate of drug-likeness (QED) is 0.889. The summed E-state index contributed by atoms with van der Waals surface area (Å²) in [5, 5.41) is 2.27. The van der Waals surface area contributed by atoms with Crippen LogP contribution in [0.5, 0.6) is 0 Å². The zero-order valence-corrected chi connectivity index (χ0v) is 11.7. The van der Waals surface area contributed by atoms with E-state index in [2.05, 4.69) is 5.32 Å². The van der Waals surface area contributed by atoms with Crippen molar-refractivity contribution in [2.45, 2.75) is 12.6 Å². The molecule has 1 atom stereocenters. The van der Waals surface area contributed by atoms with Gasteiger partial charge in [-0.1, -0.05) is 48.5 Å². The minimum Gasteiger partial charge on any atom is -0.445 e. The molecule has 1 unspecified atom stereocenters. The van der Waals surface area contributed by atoms with Gasteiger partial charge in [0.2, 0.25) is 5.91 Å². The van der Waals surface area contributed by atoms with E-state index in [1.807, 2.05) is 18.2 Å². The number of benzene rings is 2. The summed E-state index contributed by atoms with van der Waals surface area (Å²) in [6.07, 6.45) is -0.851. The number of rotatable bonds is 5. The number of hydrogen-bond acceptors (Lipinski definition) is 3. The van der Waals surface area contributed by atoms with Gasteiger partial charge in [-0.2, -0.15) is 0 Å². The van der Waals surface area contributed by atoms with Gasteiger partial charge in [0.1, 0.15) is 18.5 Å². The van der Waals surface area contributed by atoms with Crippen LogP contribution in [0.4, 0.5) is 9.18 Å². The maximum atomic E-state index is 13.7. The monoisotopic (exact) mass is 302 g/mol. The van der Waals surface area contributed by atoms with Crippen LogP contribution in [0.1, 0.15) is 17.2 Å². The summed E-state index contributed by atoms with van der Waals surface area (Å²) in [5.41, 5.74) is 6.00. The Bertz CT molecular complexity index is 661. The highest BCUT2D eigenvalue weighted by Gasteiger charge is 2.23. The molecule has 0 bridgehead atoms. The first-order valence-electron chi connectivity index (χ1n) is 6.59. The molecule has 0 aliphatic carbocycles. The van der Waals surface area contributed by atoms with E-state index in [0.29, 0.717) is 0 Å². The smallest absolute Gasteiger partial charge is 0.408 e. The lowest BCUT2D eigenvalue weighted by Crippen LogP contribution is -2.38. The van der Waals surface area contributed by atoms with Crippen molar-refractivity contribution >= 4 is 12.0 Å². The third kappa shape index (κ3) is 4.05. The van der Waals surface area contributed by atoms with E-state index in [1.165, 1.54) is 18.2 Å². The van der Waals surface area contributed by atoms with Crippen LogP contribution in [0, 0.1) is 5.82 Å². The lowest BCUT2D eigenvalue weighted by molar-refractivity contribution is -0.120. The molecule has 2 aromatic carbocycles. The van der Waals surface area contributed by atoms with Gasteiger partial charge >= 0.3 is 6.09 Å². The molecule has 6 heteroatoms. The zero-order chi connectivity index (χ0) is 15.9. The topological polar surface area (TPSA) is 81.4 Å². The minimum absolute atomic E-state index is 0.00772. The van der Waals surface area contributed by atoms with E-state index in [0.717, 1.165) is 5.56 Å². The van der Waals surface area contributed by atoms with Crippen molar-refractivity contribution in [2.75, 3.05) is 0 Å². The van der Waals surface area contributed by atoms with Crippen molar-refractivity contribution < 1.29 is 18.7 Å². The lowest BCUT2D eigenvalue weighted by Gasteiger charge is -2.16. The van der Waals surface area contributed by atoms with Crippen LogP contribution in [-0.4, -0.2) is 12.0 Å². The molecule has 0 heterocycles. The molecule has 5 nitrogen and oxygen atoms in total. The van der Waals surface area contributed by atoms with E-state index in [9.17, 15) is 14.0 Å². The highest BCUT2D eigenvalue weighted by Crippen LogP contribution is 2.16. The second-order valence-electron chi connectivity index (χ2n) is 4.56. The summed E-state index contributed by atoms with van der Waals surface area (Å²) in [4.78, 5) is 23.2. The number of ether oxygens (including phenoxy) is 1. The highest BCUT2D eigenvalue weighted by atomic mass is 19.1. The average Bonchev–Trinajstić information content (AvgIpc) is 2.52. The van der Waals surface area contributed by atoms with Crippen LogP contribution < -0.4 is 11.1 Å². The second kappa shape index (κ2) is 7.21. The SMILES string of the molecule is NC(=O)C(NC(=O)OCc1ccccc1)c1ccccc1F. The number of carbonyl (C=O) groups excluding carboxylic acids is 2. The summed E-state index contributed by atoms with van der Waals surface area (Å²) in [5.74, 6) is -1.50. The number of halogens is 1. The fraction of sp³-hybridized carbons (Fsp3) is 0.125. The molecule has 0 aromatic heterocycles. The van der Waals surface area contributed by atoms with Crippen molar-refractivity contribution in [3.05, 3.63) is 71.5 Å². The third-order valence-corrected chi connectivity index (χ3v) is 2.98. The predicted octanol–water partition coefficient (Wildman–Crippen LogP) is 2.28. The number of amides is 2. The van der Waals surface area contributed by atoms with Crippen molar-refractivity contribution in [1.29, 1.82) is 0 Å². The number of hydrogen-bond donors (Lipinski definition) is 2. The molecule has 2 amide bonds. The summed E-state index contributed by atoms with van der Waals surface area (Å²) >= 11 is 0. The standard InChI is InChI=1S/C16H15FN2O3/c17-13-9-5-4-8-12(13)14(15(18)20)19-16(21)22-10-11-6-2-1-3-7-11/h1-9,14H,10H2,(H2,18,20)(H,19,21). The molecule has 2 aromatic rings. The zero-order valence-electron chi connectivity index (χ0n) is 11.7. The van der Waals surface area contributed by atoms with Gasteiger partial charge in [0.15, 0.2) is 0 Å². The number of nitrogens with two attached hydrogens (primary N) is 1. The Kier molecular flexibility index (Phi) is 5.08. The third-order valence-electron chi connectivity index (χ3n) is 2.98. The summed E-state index contributed by atoms with van der Waals surface area (Å²) < 4.78 is 18.7. The molecule has 2 rings (SSSR count). The van der Waals surface area contributed by atoms with Gasteiger partial charge in [0, 0.05) is 5.56 Å². The molecule has 0 aliphatic rings. The normalized spacial score (nSPS) is 11.5. The maximum absolute atomic E-state index is 13.7. The first-order chi connectivity index (χ1) is 10.6. The second-order valence-corrected chi connectivity index (χ2v) is 4.56. The summed E-state index contributed by atoms with van der Waals surface area (Å²) in [6.45, 7) is 0.0371. The van der Waals surface area contributed by atoms with Crippen LogP contribution in [0.3, 0.4) is 0 Å². The largest absolute Gasteiger partial charge is 0.445 e. The van der Waals surface area contributed by atoms with E-state index in [-0.39, 0.29) is 12.2 Å². The Morgan fingerprint density at radius 1 is 1.09 bits per heavy atom. The van der Waals surface area contributed by atoms with Gasteiger partial charge in [0.05, 0.1) is 0 Å². The minimum atomic E-state index is -1.29. The fourth-order valence-electron chi connectivity index (χ4n) is 1.89. The van der Waals surface area contributed by atoms with Gasteiger partial charge < -0.3 is 15.8 Å². The number of carbonyl (C=O) groups is 2. The Labute approximate surface area is 126 Å². The van der Waals surface area contributed by atoms with Crippen LogP contribution in [-0.2, 0) is 16.1 Å². The van der Waals surface area contributed by atoms with E-state index in [4.69, 9.17) is 10.5 Å².